The maximum Gasteiger partial charge on any atom is 0.198 e. The molecular weight excluding hydrogens is 940 g/mol. The number of benzene rings is 9. The number of furan rings is 1. The van der Waals surface area contributed by atoms with Gasteiger partial charge in [-0.3, -0.25) is 0 Å². The van der Waals surface area contributed by atoms with E-state index >= 15 is 0 Å². The third-order valence-electron chi connectivity index (χ3n) is 18.0. The van der Waals surface area contributed by atoms with E-state index in [1.807, 2.05) is 11.3 Å². The van der Waals surface area contributed by atoms with Crippen molar-refractivity contribution < 1.29 is 4.42 Å². The topological polar surface area (TPSA) is 30.1 Å². The van der Waals surface area contributed by atoms with Crippen molar-refractivity contribution >= 4 is 93.9 Å². The Morgan fingerprint density at radius 3 is 1.97 bits per heavy atom. The highest BCUT2D eigenvalue weighted by atomic mass is 32.1. The maximum absolute atomic E-state index is 7.17. The van der Waals surface area contributed by atoms with Crippen LogP contribution in [-0.2, 0) is 21.7 Å². The van der Waals surface area contributed by atoms with Gasteiger partial charge >= 0.3 is 0 Å². The molecule has 4 heterocycles. The van der Waals surface area contributed by atoms with E-state index in [1.54, 1.807) is 0 Å². The molecule has 0 saturated heterocycles. The van der Waals surface area contributed by atoms with E-state index in [-0.39, 0.29) is 21.7 Å². The lowest BCUT2D eigenvalue weighted by Crippen LogP contribution is -2.37. The van der Waals surface area contributed by atoms with Gasteiger partial charge in [-0.15, -0.1) is 11.3 Å². The number of nitrogens with one attached hydrogen (secondary N) is 1. The van der Waals surface area contributed by atoms with E-state index in [0.29, 0.717) is 0 Å². The van der Waals surface area contributed by atoms with Crippen LogP contribution >= 0.6 is 11.3 Å². The van der Waals surface area contributed by atoms with Crippen LogP contribution < -0.4 is 16.2 Å². The molecular formula is C71H60BN2OS. The molecule has 2 aliphatic carbocycles. The van der Waals surface area contributed by atoms with Crippen molar-refractivity contribution in [1.82, 2.24) is 4.57 Å². The summed E-state index contributed by atoms with van der Waals surface area (Å²) in [6, 6.07) is 63.9. The molecule has 1 aliphatic heterocycles. The van der Waals surface area contributed by atoms with Gasteiger partial charge in [-0.1, -0.05) is 183 Å². The summed E-state index contributed by atoms with van der Waals surface area (Å²) in [6.45, 7) is 21.5. The standard InChI is InChI=1S/C71H60BN2OS/c1-68(2,3)42-28-30-43(31-29-42)73-55-37-51-46(44-24-16-18-26-50(44)71(51,8)9)34-47(55)63-64-65-61(62-45-25-17-19-27-59(45)76-67(62)63)48-35-52-53(70(6,7)33-32-69(52,4)5)38-56(48)74(65)57-36-49-58(39-54(57)72-64)75-66(41-22-14-11-15-23-41)60(49)40-20-12-10-13-21-40/h10-31,34-39,73H,32-33H2,1-9H3. The smallest absolute Gasteiger partial charge is 0.198 e. The first kappa shape index (κ1) is 45.8. The molecule has 3 aromatic heterocycles. The Morgan fingerprint density at radius 2 is 1.24 bits per heavy atom. The molecule has 0 bridgehead atoms. The monoisotopic (exact) mass is 999 g/mol. The zero-order valence-corrected chi connectivity index (χ0v) is 45.7. The lowest BCUT2D eigenvalue weighted by atomic mass is 9.58. The molecule has 76 heavy (non-hydrogen) atoms. The van der Waals surface area contributed by atoms with E-state index < -0.39 is 0 Å². The summed E-state index contributed by atoms with van der Waals surface area (Å²) >= 11 is 1.94. The average molecular weight is 1000 g/mol. The van der Waals surface area contributed by atoms with E-state index in [2.05, 4.69) is 249 Å². The van der Waals surface area contributed by atoms with E-state index in [0.717, 1.165) is 63.1 Å². The Bertz CT molecular complexity index is 4440. The normalized spacial score (nSPS) is 15.8. The average Bonchev–Trinajstić information content (AvgIpc) is 4.34. The van der Waals surface area contributed by atoms with Crippen molar-refractivity contribution in [2.75, 3.05) is 5.32 Å². The van der Waals surface area contributed by atoms with Crippen LogP contribution in [0.25, 0.3) is 103 Å². The van der Waals surface area contributed by atoms with Crippen molar-refractivity contribution in [3.05, 3.63) is 198 Å². The minimum atomic E-state index is -0.189. The second-order valence-electron chi connectivity index (χ2n) is 25.0. The number of aromatic nitrogens is 1. The van der Waals surface area contributed by atoms with Crippen LogP contribution in [0, 0.1) is 0 Å². The Hall–Kier alpha value is -7.60. The van der Waals surface area contributed by atoms with E-state index in [9.17, 15) is 0 Å². The van der Waals surface area contributed by atoms with Crippen LogP contribution in [-0.4, -0.2) is 11.8 Å². The van der Waals surface area contributed by atoms with E-state index in [4.69, 9.17) is 4.42 Å². The Labute approximate surface area is 450 Å². The molecule has 0 amide bonds. The fourth-order valence-electron chi connectivity index (χ4n) is 13.8. The second kappa shape index (κ2) is 15.7. The van der Waals surface area contributed by atoms with Gasteiger partial charge in [-0.2, -0.15) is 0 Å². The van der Waals surface area contributed by atoms with Gasteiger partial charge in [0.05, 0.1) is 5.52 Å². The molecule has 5 heteroatoms. The van der Waals surface area contributed by atoms with Crippen molar-refractivity contribution in [3.63, 3.8) is 0 Å². The van der Waals surface area contributed by atoms with Crippen LogP contribution in [0.4, 0.5) is 11.4 Å². The van der Waals surface area contributed by atoms with Crippen LogP contribution in [0.2, 0.25) is 0 Å². The molecule has 3 aliphatic rings. The molecule has 9 aromatic carbocycles. The quantitative estimate of drug-likeness (QED) is 0.174. The summed E-state index contributed by atoms with van der Waals surface area (Å²) in [5.41, 5.74) is 24.4. The SMILES string of the molecule is CC(C)(C)c1ccc(Nc2cc3c(cc2-c2c4c5c(c6cc7c(cc6n5-c5cc6c(-c8ccccc8)c(-c8ccccc8)oc6cc5[B]4)C(C)(C)CCC7(C)C)c4c2sc2ccccc24)-c2ccccc2C3(C)C)cc1. The highest BCUT2D eigenvalue weighted by Gasteiger charge is 2.41. The van der Waals surface area contributed by atoms with Gasteiger partial charge in [-0.05, 0) is 139 Å². The van der Waals surface area contributed by atoms with Gasteiger partial charge in [0.2, 0.25) is 0 Å². The van der Waals surface area contributed by atoms with Gasteiger partial charge in [0, 0.05) is 81.0 Å². The predicted molar refractivity (Wildman–Crippen MR) is 326 cm³/mol. The number of nitrogens with zero attached hydrogens (tertiary/aromatic N) is 1. The van der Waals surface area contributed by atoms with Crippen LogP contribution in [0.3, 0.4) is 0 Å². The van der Waals surface area contributed by atoms with Crippen molar-refractivity contribution in [3.8, 4) is 50.4 Å². The maximum atomic E-state index is 7.17. The number of fused-ring (bicyclic) bond motifs is 14. The van der Waals surface area contributed by atoms with E-state index in [1.165, 1.54) is 103 Å². The summed E-state index contributed by atoms with van der Waals surface area (Å²) in [7, 11) is 2.52. The number of rotatable bonds is 5. The number of hydrogen-bond donors (Lipinski definition) is 1. The first-order valence-electron chi connectivity index (χ1n) is 27.3. The summed E-state index contributed by atoms with van der Waals surface area (Å²) in [4.78, 5) is 0. The molecule has 1 radical (unpaired) electrons. The number of thiophene rings is 1. The van der Waals surface area contributed by atoms with Crippen LogP contribution in [0.5, 0.6) is 0 Å². The molecule has 0 spiro atoms. The van der Waals surface area contributed by atoms with Crippen LogP contribution in [0.15, 0.2) is 174 Å². The lowest BCUT2D eigenvalue weighted by Gasteiger charge is -2.42. The predicted octanol–water partition coefficient (Wildman–Crippen LogP) is 18.6. The molecule has 0 saturated carbocycles. The molecule has 0 atom stereocenters. The third-order valence-corrected chi connectivity index (χ3v) is 19.2. The minimum absolute atomic E-state index is 0.0114. The highest BCUT2D eigenvalue weighted by Crippen LogP contribution is 2.56. The largest absolute Gasteiger partial charge is 0.455 e. The first-order valence-corrected chi connectivity index (χ1v) is 28.1. The zero-order valence-electron chi connectivity index (χ0n) is 44.9. The highest BCUT2D eigenvalue weighted by molar-refractivity contribution is 7.26. The molecule has 3 nitrogen and oxygen atoms in total. The second-order valence-corrected chi connectivity index (χ2v) is 26.0. The number of anilines is 2. The van der Waals surface area contributed by atoms with Crippen LogP contribution in [0.1, 0.15) is 103 Å². The molecule has 15 rings (SSSR count). The fraction of sp³-hybridized carbons (Fsp3) is 0.211. The van der Waals surface area contributed by atoms with Gasteiger partial charge < -0.3 is 14.3 Å². The third kappa shape index (κ3) is 6.48. The molecule has 0 fully saturated rings. The number of hydrogen-bond acceptors (Lipinski definition) is 3. The fourth-order valence-corrected chi connectivity index (χ4v) is 15.1. The molecule has 0 unspecified atom stereocenters. The van der Waals surface area contributed by atoms with Gasteiger partial charge in [0.25, 0.3) is 0 Å². The molecule has 1 N–H and O–H groups in total. The minimum Gasteiger partial charge on any atom is -0.455 e. The van der Waals surface area contributed by atoms with Crippen molar-refractivity contribution in [2.24, 2.45) is 0 Å². The van der Waals surface area contributed by atoms with Gasteiger partial charge in [0.1, 0.15) is 11.3 Å². The summed E-state index contributed by atoms with van der Waals surface area (Å²) in [5, 5.41) is 10.5. The lowest BCUT2D eigenvalue weighted by molar-refractivity contribution is 0.332. The van der Waals surface area contributed by atoms with Crippen molar-refractivity contribution in [1.29, 1.82) is 0 Å². The molecule has 369 valence electrons. The summed E-state index contributed by atoms with van der Waals surface area (Å²) < 4.78 is 12.5. The summed E-state index contributed by atoms with van der Waals surface area (Å²) in [6.07, 6.45) is 2.29. The Morgan fingerprint density at radius 1 is 0.566 bits per heavy atom. The van der Waals surface area contributed by atoms with Gasteiger partial charge in [0.15, 0.2) is 7.28 Å². The molecule has 12 aromatic rings. The summed E-state index contributed by atoms with van der Waals surface area (Å²) in [5.74, 6) is 0.891. The zero-order chi connectivity index (χ0) is 51.8. The van der Waals surface area contributed by atoms with Crippen molar-refractivity contribution in [2.45, 2.75) is 96.8 Å². The Balaban J connectivity index is 1.11. The first-order chi connectivity index (χ1) is 36.5. The Kier molecular flexibility index (Phi) is 9.48. The van der Waals surface area contributed by atoms with Gasteiger partial charge in [-0.25, -0.2) is 0 Å².